The molecular formula is C18H16F3N3O3. The number of carbonyl (C=O) groups is 2. The van der Waals surface area contributed by atoms with E-state index in [1.54, 1.807) is 18.2 Å². The zero-order valence-corrected chi connectivity index (χ0v) is 14.0. The molecule has 2 aromatic carbocycles. The average Bonchev–Trinajstić information content (AvgIpc) is 2.61. The Bertz CT molecular complexity index is 851. The highest BCUT2D eigenvalue weighted by atomic mass is 19.4. The van der Waals surface area contributed by atoms with Crippen LogP contribution in [0.4, 0.5) is 18.9 Å². The first-order valence-electron chi connectivity index (χ1n) is 7.83. The van der Waals surface area contributed by atoms with Crippen LogP contribution >= 0.6 is 0 Å². The van der Waals surface area contributed by atoms with E-state index in [0.717, 1.165) is 12.1 Å². The Balaban J connectivity index is 1.80. The van der Waals surface area contributed by atoms with E-state index >= 15 is 0 Å². The van der Waals surface area contributed by atoms with Gasteiger partial charge >= 0.3 is 6.18 Å². The summed E-state index contributed by atoms with van der Waals surface area (Å²) in [7, 11) is 0. The number of phenolic OH excluding ortho intramolecular Hbond substituents is 1. The molecule has 0 saturated heterocycles. The first kappa shape index (κ1) is 20.0. The maximum absolute atomic E-state index is 12.6. The number of phenols is 1. The molecule has 3 N–H and O–H groups in total. The van der Waals surface area contributed by atoms with E-state index in [-0.39, 0.29) is 24.3 Å². The summed E-state index contributed by atoms with van der Waals surface area (Å²) in [6, 6.07) is 10.6. The molecule has 0 radical (unpaired) electrons. The number of benzene rings is 2. The lowest BCUT2D eigenvalue weighted by Gasteiger charge is -2.09. The molecule has 0 heterocycles. The second-order valence-corrected chi connectivity index (χ2v) is 5.48. The molecule has 9 heteroatoms. The molecule has 0 bridgehead atoms. The lowest BCUT2D eigenvalue weighted by Crippen LogP contribution is -2.20. The molecule has 0 unspecified atom stereocenters. The highest BCUT2D eigenvalue weighted by Gasteiger charge is 2.30. The second-order valence-electron chi connectivity index (χ2n) is 5.48. The summed E-state index contributed by atoms with van der Waals surface area (Å²) < 4.78 is 37.9. The minimum Gasteiger partial charge on any atom is -0.507 e. The van der Waals surface area contributed by atoms with Crippen molar-refractivity contribution >= 4 is 23.7 Å². The maximum atomic E-state index is 12.6. The molecule has 0 fully saturated rings. The van der Waals surface area contributed by atoms with Crippen molar-refractivity contribution in [3.63, 3.8) is 0 Å². The first-order chi connectivity index (χ1) is 12.8. The van der Waals surface area contributed by atoms with Gasteiger partial charge in [-0.05, 0) is 30.3 Å². The van der Waals surface area contributed by atoms with Crippen LogP contribution in [0.1, 0.15) is 24.0 Å². The first-order valence-corrected chi connectivity index (χ1v) is 7.83. The average molecular weight is 379 g/mol. The molecule has 2 amide bonds. The number of halogens is 3. The van der Waals surface area contributed by atoms with Crippen molar-refractivity contribution in [2.24, 2.45) is 5.10 Å². The number of aromatic hydroxyl groups is 1. The summed E-state index contributed by atoms with van der Waals surface area (Å²) in [6.07, 6.45) is -3.70. The van der Waals surface area contributed by atoms with Crippen LogP contribution in [0.2, 0.25) is 0 Å². The van der Waals surface area contributed by atoms with E-state index in [9.17, 15) is 27.9 Å². The standard InChI is InChI=1S/C18H16F3N3O3/c19-18(20,21)13-5-3-6-14(10-13)23-16(26)8-9-17(27)24-22-11-12-4-1-2-7-15(12)25/h1-7,10-11,25H,8-9H2,(H,23,26)(H,24,27). The molecule has 27 heavy (non-hydrogen) atoms. The largest absolute Gasteiger partial charge is 0.507 e. The quantitative estimate of drug-likeness (QED) is 0.531. The van der Waals surface area contributed by atoms with E-state index in [4.69, 9.17) is 0 Å². The number of nitrogens with zero attached hydrogens (tertiary/aromatic N) is 1. The lowest BCUT2D eigenvalue weighted by atomic mass is 10.2. The summed E-state index contributed by atoms with van der Waals surface area (Å²) in [6.45, 7) is 0. The predicted octanol–water partition coefficient (Wildman–Crippen LogP) is 3.28. The van der Waals surface area contributed by atoms with Gasteiger partial charge in [-0.2, -0.15) is 18.3 Å². The molecule has 142 valence electrons. The van der Waals surface area contributed by atoms with Gasteiger partial charge in [-0.1, -0.05) is 18.2 Å². The van der Waals surface area contributed by atoms with Crippen LogP contribution in [-0.4, -0.2) is 23.1 Å². The minimum atomic E-state index is -4.51. The Kier molecular flexibility index (Phi) is 6.53. The maximum Gasteiger partial charge on any atom is 0.416 e. The van der Waals surface area contributed by atoms with Gasteiger partial charge in [0.15, 0.2) is 0 Å². The van der Waals surface area contributed by atoms with Gasteiger partial charge in [0.25, 0.3) is 0 Å². The monoisotopic (exact) mass is 379 g/mol. The Hall–Kier alpha value is -3.36. The van der Waals surface area contributed by atoms with Gasteiger partial charge in [-0.15, -0.1) is 0 Å². The summed E-state index contributed by atoms with van der Waals surface area (Å²) in [5, 5.41) is 15.5. The molecule has 0 saturated carbocycles. The van der Waals surface area contributed by atoms with E-state index in [2.05, 4.69) is 15.8 Å². The van der Waals surface area contributed by atoms with Crippen LogP contribution in [0.3, 0.4) is 0 Å². The van der Waals surface area contributed by atoms with Crippen LogP contribution in [0, 0.1) is 0 Å². The van der Waals surface area contributed by atoms with Crippen LogP contribution in [-0.2, 0) is 15.8 Å². The van der Waals surface area contributed by atoms with Crippen LogP contribution in [0.5, 0.6) is 5.75 Å². The highest BCUT2D eigenvalue weighted by molar-refractivity contribution is 5.93. The topological polar surface area (TPSA) is 90.8 Å². The van der Waals surface area contributed by atoms with Gasteiger partial charge < -0.3 is 10.4 Å². The second kappa shape index (κ2) is 8.84. The molecule has 6 nitrogen and oxygen atoms in total. The zero-order valence-electron chi connectivity index (χ0n) is 14.0. The van der Waals surface area contributed by atoms with Crippen molar-refractivity contribution in [1.82, 2.24) is 5.43 Å². The Morgan fingerprint density at radius 2 is 1.74 bits per heavy atom. The third-order valence-electron chi connectivity index (χ3n) is 3.38. The van der Waals surface area contributed by atoms with E-state index in [1.807, 2.05) is 0 Å². The fraction of sp³-hybridized carbons (Fsp3) is 0.167. The fourth-order valence-corrected chi connectivity index (χ4v) is 2.05. The normalized spacial score (nSPS) is 11.4. The number of rotatable bonds is 6. The van der Waals surface area contributed by atoms with Gasteiger partial charge in [-0.3, -0.25) is 9.59 Å². The molecule has 2 rings (SSSR count). The Labute approximate surface area is 152 Å². The Morgan fingerprint density at radius 3 is 2.44 bits per heavy atom. The molecule has 0 aliphatic carbocycles. The summed E-state index contributed by atoms with van der Waals surface area (Å²) in [5.41, 5.74) is 1.72. The van der Waals surface area contributed by atoms with Crippen molar-refractivity contribution < 1.29 is 27.9 Å². The third-order valence-corrected chi connectivity index (χ3v) is 3.38. The highest BCUT2D eigenvalue weighted by Crippen LogP contribution is 2.30. The number of hydrogen-bond acceptors (Lipinski definition) is 4. The van der Waals surface area contributed by atoms with Gasteiger partial charge in [0, 0.05) is 24.1 Å². The number of alkyl halides is 3. The van der Waals surface area contributed by atoms with E-state index in [1.165, 1.54) is 24.4 Å². The summed E-state index contributed by atoms with van der Waals surface area (Å²) >= 11 is 0. The number of hydrazone groups is 1. The van der Waals surface area contributed by atoms with Gasteiger partial charge in [0.05, 0.1) is 11.8 Å². The van der Waals surface area contributed by atoms with Crippen molar-refractivity contribution in [2.45, 2.75) is 19.0 Å². The number of carbonyl (C=O) groups excluding carboxylic acids is 2. The van der Waals surface area contributed by atoms with Crippen molar-refractivity contribution in [2.75, 3.05) is 5.32 Å². The lowest BCUT2D eigenvalue weighted by molar-refractivity contribution is -0.137. The van der Waals surface area contributed by atoms with Crippen molar-refractivity contribution in [1.29, 1.82) is 0 Å². The fourth-order valence-electron chi connectivity index (χ4n) is 2.05. The molecular weight excluding hydrogens is 363 g/mol. The SMILES string of the molecule is O=C(CCC(=O)Nc1cccc(C(F)(F)F)c1)NN=Cc1ccccc1O. The number of hydrogen-bond donors (Lipinski definition) is 3. The molecule has 0 atom stereocenters. The summed E-state index contributed by atoms with van der Waals surface area (Å²) in [4.78, 5) is 23.4. The molecule has 0 aliphatic rings. The van der Waals surface area contributed by atoms with Crippen LogP contribution < -0.4 is 10.7 Å². The molecule has 0 spiro atoms. The number of nitrogens with one attached hydrogen (secondary N) is 2. The number of anilines is 1. The van der Waals surface area contributed by atoms with Gasteiger partial charge in [-0.25, -0.2) is 5.43 Å². The van der Waals surface area contributed by atoms with Crippen LogP contribution in [0.15, 0.2) is 53.6 Å². The van der Waals surface area contributed by atoms with Crippen LogP contribution in [0.25, 0.3) is 0 Å². The van der Waals surface area contributed by atoms with E-state index in [0.29, 0.717) is 5.56 Å². The number of amides is 2. The Morgan fingerprint density at radius 1 is 1.04 bits per heavy atom. The number of para-hydroxylation sites is 1. The predicted molar refractivity (Wildman–Crippen MR) is 93.2 cm³/mol. The third kappa shape index (κ3) is 6.46. The minimum absolute atomic E-state index is 0.00374. The molecule has 2 aromatic rings. The van der Waals surface area contributed by atoms with Gasteiger partial charge in [0.1, 0.15) is 5.75 Å². The zero-order chi connectivity index (χ0) is 19.9. The van der Waals surface area contributed by atoms with Gasteiger partial charge in [0.2, 0.25) is 11.8 Å². The van der Waals surface area contributed by atoms with Crippen molar-refractivity contribution in [3.8, 4) is 5.75 Å². The molecule has 0 aromatic heterocycles. The summed E-state index contributed by atoms with van der Waals surface area (Å²) in [5.74, 6) is -1.16. The smallest absolute Gasteiger partial charge is 0.416 e. The van der Waals surface area contributed by atoms with E-state index < -0.39 is 23.6 Å². The van der Waals surface area contributed by atoms with Crippen molar-refractivity contribution in [3.05, 3.63) is 59.7 Å². The molecule has 0 aliphatic heterocycles.